The Morgan fingerprint density at radius 3 is 2.88 bits per heavy atom. The van der Waals surface area contributed by atoms with Gasteiger partial charge in [0, 0.05) is 19.0 Å². The maximum absolute atomic E-state index is 11.9. The molecule has 0 radical (unpaired) electrons. The van der Waals surface area contributed by atoms with Gasteiger partial charge in [0.05, 0.1) is 5.69 Å². The van der Waals surface area contributed by atoms with E-state index in [0.717, 1.165) is 25.0 Å². The second-order valence-corrected chi connectivity index (χ2v) is 4.37. The fourth-order valence-electron chi connectivity index (χ4n) is 1.66. The van der Waals surface area contributed by atoms with E-state index in [0.29, 0.717) is 24.7 Å². The summed E-state index contributed by atoms with van der Waals surface area (Å²) in [6.45, 7) is 5.28. The van der Waals surface area contributed by atoms with Crippen LogP contribution in [0, 0.1) is 6.92 Å². The molecule has 5 heteroatoms. The van der Waals surface area contributed by atoms with Gasteiger partial charge in [-0.25, -0.2) is 0 Å². The van der Waals surface area contributed by atoms with E-state index >= 15 is 0 Å². The molecule has 0 fully saturated rings. The number of halogens is 1. The third-order valence-corrected chi connectivity index (χ3v) is 2.80. The Balaban J connectivity index is 2.41. The number of rotatable bonds is 7. The fourth-order valence-corrected chi connectivity index (χ4v) is 1.85. The number of nitrogens with one attached hydrogen (secondary N) is 1. The summed E-state index contributed by atoms with van der Waals surface area (Å²) in [6, 6.07) is 1.82. The third kappa shape index (κ3) is 4.38. The molecule has 0 atom stereocenters. The molecule has 0 spiro atoms. The van der Waals surface area contributed by atoms with E-state index in [4.69, 9.17) is 11.6 Å². The van der Waals surface area contributed by atoms with E-state index in [9.17, 15) is 4.79 Å². The number of nitrogens with zero attached hydrogens (tertiary/aromatic N) is 2. The van der Waals surface area contributed by atoms with Crippen molar-refractivity contribution in [2.45, 2.75) is 39.7 Å². The molecule has 96 valence electrons. The van der Waals surface area contributed by atoms with Gasteiger partial charge in [0.25, 0.3) is 5.91 Å². The quantitative estimate of drug-likeness (QED) is 0.602. The molecule has 0 saturated heterocycles. The summed E-state index contributed by atoms with van der Waals surface area (Å²) in [5.74, 6) is 0.647. The van der Waals surface area contributed by atoms with Crippen molar-refractivity contribution in [3.63, 3.8) is 0 Å². The molecule has 0 aliphatic heterocycles. The smallest absolute Gasteiger partial charge is 0.269 e. The first-order valence-corrected chi connectivity index (χ1v) is 6.61. The summed E-state index contributed by atoms with van der Waals surface area (Å²) in [4.78, 5) is 11.9. The Morgan fingerprint density at radius 2 is 2.24 bits per heavy atom. The number of hydrogen-bond acceptors (Lipinski definition) is 2. The van der Waals surface area contributed by atoms with E-state index in [-0.39, 0.29) is 5.91 Å². The van der Waals surface area contributed by atoms with E-state index in [1.165, 1.54) is 0 Å². The van der Waals surface area contributed by atoms with Gasteiger partial charge in [-0.3, -0.25) is 9.48 Å². The van der Waals surface area contributed by atoms with Gasteiger partial charge in [-0.15, -0.1) is 11.6 Å². The Morgan fingerprint density at radius 1 is 1.47 bits per heavy atom. The number of alkyl halides is 1. The standard InChI is InChI=1S/C12H20ClN3O/c1-3-16-11(9-10(2)15-16)12(17)14-8-6-4-5-7-13/h9H,3-8H2,1-2H3,(H,14,17). The summed E-state index contributed by atoms with van der Waals surface area (Å²) >= 11 is 5.58. The van der Waals surface area contributed by atoms with Crippen molar-refractivity contribution in [1.29, 1.82) is 0 Å². The fraction of sp³-hybridized carbons (Fsp3) is 0.667. The molecule has 4 nitrogen and oxygen atoms in total. The monoisotopic (exact) mass is 257 g/mol. The third-order valence-electron chi connectivity index (χ3n) is 2.53. The highest BCUT2D eigenvalue weighted by atomic mass is 35.5. The highest BCUT2D eigenvalue weighted by Crippen LogP contribution is 2.04. The normalized spacial score (nSPS) is 10.5. The molecule has 0 bridgehead atoms. The van der Waals surface area contributed by atoms with Crippen LogP contribution >= 0.6 is 11.6 Å². The molecule has 0 unspecified atom stereocenters. The van der Waals surface area contributed by atoms with Crippen molar-refractivity contribution in [2.24, 2.45) is 0 Å². The summed E-state index contributed by atoms with van der Waals surface area (Å²) in [6.07, 6.45) is 3.02. The molecule has 0 saturated carbocycles. The zero-order chi connectivity index (χ0) is 12.7. The number of aromatic nitrogens is 2. The Labute approximate surface area is 107 Å². The van der Waals surface area contributed by atoms with Gasteiger partial charge in [-0.05, 0) is 32.8 Å². The number of aryl methyl sites for hydroxylation is 2. The molecule has 0 aliphatic rings. The first kappa shape index (κ1) is 14.0. The Hall–Kier alpha value is -1.03. The summed E-state index contributed by atoms with van der Waals surface area (Å²) < 4.78 is 1.73. The van der Waals surface area contributed by atoms with Gasteiger partial charge in [0.2, 0.25) is 0 Å². The summed E-state index contributed by atoms with van der Waals surface area (Å²) in [5, 5.41) is 7.15. The van der Waals surface area contributed by atoms with Gasteiger partial charge in [-0.2, -0.15) is 5.10 Å². The highest BCUT2D eigenvalue weighted by Gasteiger charge is 2.11. The van der Waals surface area contributed by atoms with Crippen LogP contribution in [0.5, 0.6) is 0 Å². The van der Waals surface area contributed by atoms with Crippen molar-refractivity contribution in [1.82, 2.24) is 15.1 Å². The first-order valence-electron chi connectivity index (χ1n) is 6.07. The van der Waals surface area contributed by atoms with E-state index in [1.54, 1.807) is 4.68 Å². The molecule has 1 N–H and O–H groups in total. The lowest BCUT2D eigenvalue weighted by molar-refractivity contribution is 0.0942. The van der Waals surface area contributed by atoms with Crippen LogP contribution < -0.4 is 5.32 Å². The molecule has 1 rings (SSSR count). The van der Waals surface area contributed by atoms with Crippen LogP contribution in [-0.4, -0.2) is 28.1 Å². The molecule has 1 aromatic rings. The average molecular weight is 258 g/mol. The lowest BCUT2D eigenvalue weighted by Crippen LogP contribution is -2.27. The Kier molecular flexibility index (Phi) is 6.05. The number of carbonyl (C=O) groups is 1. The van der Waals surface area contributed by atoms with Crippen LogP contribution in [-0.2, 0) is 6.54 Å². The van der Waals surface area contributed by atoms with Crippen molar-refractivity contribution < 1.29 is 4.79 Å². The summed E-state index contributed by atoms with van der Waals surface area (Å²) in [5.41, 5.74) is 1.52. The molecule has 0 aromatic carbocycles. The minimum Gasteiger partial charge on any atom is -0.351 e. The van der Waals surface area contributed by atoms with Gasteiger partial charge >= 0.3 is 0 Å². The molecule has 1 amide bonds. The zero-order valence-corrected chi connectivity index (χ0v) is 11.3. The van der Waals surface area contributed by atoms with Crippen LogP contribution in [0.15, 0.2) is 6.07 Å². The minimum atomic E-state index is -0.0432. The van der Waals surface area contributed by atoms with Gasteiger partial charge in [0.1, 0.15) is 5.69 Å². The second kappa shape index (κ2) is 7.33. The van der Waals surface area contributed by atoms with E-state index in [1.807, 2.05) is 19.9 Å². The average Bonchev–Trinajstić information content (AvgIpc) is 2.70. The molecule has 0 aliphatic carbocycles. The lowest BCUT2D eigenvalue weighted by Gasteiger charge is -2.06. The first-order chi connectivity index (χ1) is 8.19. The number of hydrogen-bond donors (Lipinski definition) is 1. The predicted octanol–water partition coefficient (Wildman–Crippen LogP) is 2.35. The van der Waals surface area contributed by atoms with Crippen LogP contribution in [0.3, 0.4) is 0 Å². The topological polar surface area (TPSA) is 46.9 Å². The van der Waals surface area contributed by atoms with Crippen LogP contribution in [0.25, 0.3) is 0 Å². The minimum absolute atomic E-state index is 0.0432. The van der Waals surface area contributed by atoms with E-state index in [2.05, 4.69) is 10.4 Å². The molecule has 17 heavy (non-hydrogen) atoms. The predicted molar refractivity (Wildman–Crippen MR) is 69.5 cm³/mol. The van der Waals surface area contributed by atoms with Gasteiger partial charge < -0.3 is 5.32 Å². The second-order valence-electron chi connectivity index (χ2n) is 3.99. The molecule has 1 heterocycles. The maximum atomic E-state index is 11.9. The largest absolute Gasteiger partial charge is 0.351 e. The number of carbonyl (C=O) groups excluding carboxylic acids is 1. The molecular formula is C12H20ClN3O. The van der Waals surface area contributed by atoms with Crippen LogP contribution in [0.2, 0.25) is 0 Å². The lowest BCUT2D eigenvalue weighted by atomic mass is 10.2. The maximum Gasteiger partial charge on any atom is 0.269 e. The Bertz CT molecular complexity index is 363. The molecular weight excluding hydrogens is 238 g/mol. The van der Waals surface area contributed by atoms with Gasteiger partial charge in [-0.1, -0.05) is 6.42 Å². The van der Waals surface area contributed by atoms with Crippen molar-refractivity contribution in [3.8, 4) is 0 Å². The molecule has 1 aromatic heterocycles. The van der Waals surface area contributed by atoms with Crippen molar-refractivity contribution in [3.05, 3.63) is 17.5 Å². The number of unbranched alkanes of at least 4 members (excludes halogenated alkanes) is 2. The zero-order valence-electron chi connectivity index (χ0n) is 10.5. The van der Waals surface area contributed by atoms with Crippen LogP contribution in [0.1, 0.15) is 42.4 Å². The van der Waals surface area contributed by atoms with E-state index < -0.39 is 0 Å². The van der Waals surface area contributed by atoms with Crippen molar-refractivity contribution >= 4 is 17.5 Å². The number of amides is 1. The highest BCUT2D eigenvalue weighted by molar-refractivity contribution is 6.17. The van der Waals surface area contributed by atoms with Gasteiger partial charge in [0.15, 0.2) is 0 Å². The summed E-state index contributed by atoms with van der Waals surface area (Å²) in [7, 11) is 0. The van der Waals surface area contributed by atoms with Crippen molar-refractivity contribution in [2.75, 3.05) is 12.4 Å². The SMILES string of the molecule is CCn1nc(C)cc1C(=O)NCCCCCCl. The van der Waals surface area contributed by atoms with Crippen LogP contribution in [0.4, 0.5) is 0 Å².